The number of halogens is 1. The van der Waals surface area contributed by atoms with Gasteiger partial charge in [-0.1, -0.05) is 0 Å². The van der Waals surface area contributed by atoms with E-state index in [-0.39, 0.29) is 12.2 Å². The van der Waals surface area contributed by atoms with E-state index in [9.17, 15) is 4.79 Å². The highest BCUT2D eigenvalue weighted by Crippen LogP contribution is 2.15. The Morgan fingerprint density at radius 3 is 2.87 bits per heavy atom. The molecule has 0 bridgehead atoms. The summed E-state index contributed by atoms with van der Waals surface area (Å²) in [5.74, 6) is 0.502. The summed E-state index contributed by atoms with van der Waals surface area (Å²) < 4.78 is 5.84. The molecule has 15 heavy (non-hydrogen) atoms. The predicted molar refractivity (Wildman–Crippen MR) is 56.5 cm³/mol. The summed E-state index contributed by atoms with van der Waals surface area (Å²) >= 11 is 3.17. The standard InChI is InChI=1S/C10H7BrN2O2/c11-10-2-1-7(15-10)5-9(14)8-6-12-3-4-13-8/h1-4,6H,5H2. The number of Topliss-reactive ketones (excluding diaryl/α,β-unsaturated/α-hetero) is 1. The zero-order chi connectivity index (χ0) is 10.7. The largest absolute Gasteiger partial charge is 0.454 e. The molecule has 5 heteroatoms. The van der Waals surface area contributed by atoms with Crippen LogP contribution < -0.4 is 0 Å². The third-order valence-electron chi connectivity index (χ3n) is 1.81. The number of carbonyl (C=O) groups excluding carboxylic acids is 1. The fourth-order valence-corrected chi connectivity index (χ4v) is 1.48. The van der Waals surface area contributed by atoms with Gasteiger partial charge in [0.25, 0.3) is 0 Å². The van der Waals surface area contributed by atoms with Crippen molar-refractivity contribution in [3.05, 3.63) is 46.8 Å². The van der Waals surface area contributed by atoms with E-state index in [0.717, 1.165) is 0 Å². The Labute approximate surface area is 94.5 Å². The van der Waals surface area contributed by atoms with Gasteiger partial charge in [-0.25, -0.2) is 4.98 Å². The van der Waals surface area contributed by atoms with Crippen LogP contribution in [0.1, 0.15) is 16.2 Å². The Morgan fingerprint density at radius 2 is 2.27 bits per heavy atom. The van der Waals surface area contributed by atoms with Crippen molar-refractivity contribution < 1.29 is 9.21 Å². The molecule has 2 aromatic rings. The first-order valence-electron chi connectivity index (χ1n) is 4.29. The van der Waals surface area contributed by atoms with E-state index in [2.05, 4.69) is 25.9 Å². The van der Waals surface area contributed by atoms with Crippen LogP contribution in [0.4, 0.5) is 0 Å². The van der Waals surface area contributed by atoms with Crippen molar-refractivity contribution >= 4 is 21.7 Å². The number of nitrogens with zero attached hydrogens (tertiary/aromatic N) is 2. The van der Waals surface area contributed by atoms with E-state index >= 15 is 0 Å². The van der Waals surface area contributed by atoms with E-state index in [1.807, 2.05) is 0 Å². The smallest absolute Gasteiger partial charge is 0.190 e. The van der Waals surface area contributed by atoms with E-state index in [1.165, 1.54) is 18.6 Å². The summed E-state index contributed by atoms with van der Waals surface area (Å²) in [5.41, 5.74) is 0.352. The number of carbonyl (C=O) groups is 1. The highest BCUT2D eigenvalue weighted by Gasteiger charge is 2.10. The van der Waals surface area contributed by atoms with E-state index in [0.29, 0.717) is 16.1 Å². The summed E-state index contributed by atoms with van der Waals surface area (Å²) in [6, 6.07) is 3.50. The molecule has 0 aliphatic rings. The quantitative estimate of drug-likeness (QED) is 0.800. The zero-order valence-electron chi connectivity index (χ0n) is 7.68. The van der Waals surface area contributed by atoms with Crippen molar-refractivity contribution in [2.24, 2.45) is 0 Å². The predicted octanol–water partition coefficient (Wildman–Crippen LogP) is 2.26. The second-order valence-corrected chi connectivity index (χ2v) is 3.68. The molecular weight excluding hydrogens is 260 g/mol. The maximum absolute atomic E-state index is 11.6. The number of hydrogen-bond donors (Lipinski definition) is 0. The van der Waals surface area contributed by atoms with Gasteiger partial charge in [0.05, 0.1) is 12.6 Å². The van der Waals surface area contributed by atoms with Crippen molar-refractivity contribution in [1.29, 1.82) is 0 Å². The van der Waals surface area contributed by atoms with Crippen LogP contribution >= 0.6 is 15.9 Å². The maximum Gasteiger partial charge on any atom is 0.190 e. The summed E-state index contributed by atoms with van der Waals surface area (Å²) in [4.78, 5) is 19.4. The van der Waals surface area contributed by atoms with Crippen molar-refractivity contribution in [2.75, 3.05) is 0 Å². The molecule has 0 N–H and O–H groups in total. The van der Waals surface area contributed by atoms with Crippen LogP contribution in [0.5, 0.6) is 0 Å². The molecule has 0 aliphatic heterocycles. The molecule has 0 spiro atoms. The molecule has 2 rings (SSSR count). The first kappa shape index (κ1) is 10.0. The van der Waals surface area contributed by atoms with E-state index < -0.39 is 0 Å². The molecule has 0 atom stereocenters. The van der Waals surface area contributed by atoms with Gasteiger partial charge >= 0.3 is 0 Å². The average molecular weight is 267 g/mol. The third-order valence-corrected chi connectivity index (χ3v) is 2.24. The molecule has 0 unspecified atom stereocenters. The van der Waals surface area contributed by atoms with Crippen LogP contribution in [0.3, 0.4) is 0 Å². The number of ketones is 1. The minimum absolute atomic E-state index is 0.107. The van der Waals surface area contributed by atoms with Crippen LogP contribution in [-0.2, 0) is 6.42 Å². The van der Waals surface area contributed by atoms with Gasteiger partial charge in [-0.05, 0) is 28.1 Å². The monoisotopic (exact) mass is 266 g/mol. The lowest BCUT2D eigenvalue weighted by Gasteiger charge is -1.96. The lowest BCUT2D eigenvalue weighted by atomic mass is 10.2. The molecule has 0 saturated carbocycles. The molecular formula is C10H7BrN2O2. The fraction of sp³-hybridized carbons (Fsp3) is 0.100. The van der Waals surface area contributed by atoms with Crippen LogP contribution in [0.25, 0.3) is 0 Å². The Hall–Kier alpha value is -1.49. The van der Waals surface area contributed by atoms with Crippen molar-refractivity contribution in [2.45, 2.75) is 6.42 Å². The van der Waals surface area contributed by atoms with Crippen molar-refractivity contribution in [3.8, 4) is 0 Å². The lowest BCUT2D eigenvalue weighted by molar-refractivity contribution is 0.0981. The van der Waals surface area contributed by atoms with Crippen LogP contribution in [-0.4, -0.2) is 15.8 Å². The van der Waals surface area contributed by atoms with Gasteiger partial charge < -0.3 is 4.42 Å². The molecule has 2 heterocycles. The molecule has 4 nitrogen and oxygen atoms in total. The van der Waals surface area contributed by atoms with Crippen LogP contribution in [0.15, 0.2) is 39.8 Å². The Balaban J connectivity index is 2.11. The van der Waals surface area contributed by atoms with E-state index in [1.54, 1.807) is 12.1 Å². The first-order valence-corrected chi connectivity index (χ1v) is 5.08. The molecule has 76 valence electrons. The zero-order valence-corrected chi connectivity index (χ0v) is 9.27. The van der Waals surface area contributed by atoms with Crippen LogP contribution in [0.2, 0.25) is 0 Å². The SMILES string of the molecule is O=C(Cc1ccc(Br)o1)c1cnccn1. The van der Waals surface area contributed by atoms with Gasteiger partial charge in [0.2, 0.25) is 0 Å². The Kier molecular flexibility index (Phi) is 2.91. The average Bonchev–Trinajstić information content (AvgIpc) is 2.65. The maximum atomic E-state index is 11.6. The molecule has 0 saturated heterocycles. The first-order chi connectivity index (χ1) is 7.25. The van der Waals surface area contributed by atoms with Gasteiger partial charge in [-0.3, -0.25) is 9.78 Å². The fourth-order valence-electron chi connectivity index (χ4n) is 1.14. The molecule has 0 fully saturated rings. The lowest BCUT2D eigenvalue weighted by Crippen LogP contribution is -2.05. The van der Waals surface area contributed by atoms with Gasteiger partial charge in [-0.15, -0.1) is 0 Å². The second kappa shape index (κ2) is 4.35. The molecule has 0 amide bonds. The number of hydrogen-bond acceptors (Lipinski definition) is 4. The van der Waals surface area contributed by atoms with Crippen molar-refractivity contribution in [3.63, 3.8) is 0 Å². The van der Waals surface area contributed by atoms with Crippen molar-refractivity contribution in [1.82, 2.24) is 9.97 Å². The molecule has 0 radical (unpaired) electrons. The molecule has 0 aliphatic carbocycles. The third kappa shape index (κ3) is 2.50. The highest BCUT2D eigenvalue weighted by atomic mass is 79.9. The van der Waals surface area contributed by atoms with Gasteiger partial charge in [0.1, 0.15) is 11.5 Å². The minimum atomic E-state index is -0.107. The summed E-state index contributed by atoms with van der Waals surface area (Å²) in [5, 5.41) is 0. The van der Waals surface area contributed by atoms with Gasteiger partial charge in [-0.2, -0.15) is 0 Å². The number of furan rings is 1. The van der Waals surface area contributed by atoms with Gasteiger partial charge in [0.15, 0.2) is 10.5 Å². The summed E-state index contributed by atoms with van der Waals surface area (Å²) in [7, 11) is 0. The number of aromatic nitrogens is 2. The minimum Gasteiger partial charge on any atom is -0.454 e. The normalized spacial score (nSPS) is 10.2. The summed E-state index contributed by atoms with van der Waals surface area (Å²) in [6.07, 6.45) is 4.66. The number of rotatable bonds is 3. The summed E-state index contributed by atoms with van der Waals surface area (Å²) in [6.45, 7) is 0. The molecule has 2 aromatic heterocycles. The second-order valence-electron chi connectivity index (χ2n) is 2.90. The Bertz CT molecular complexity index is 467. The van der Waals surface area contributed by atoms with E-state index in [4.69, 9.17) is 4.42 Å². The van der Waals surface area contributed by atoms with Crippen LogP contribution in [0, 0.1) is 0 Å². The molecule has 0 aromatic carbocycles. The Morgan fingerprint density at radius 1 is 1.40 bits per heavy atom. The van der Waals surface area contributed by atoms with Gasteiger partial charge in [0, 0.05) is 12.4 Å². The topological polar surface area (TPSA) is 56.0 Å². The highest BCUT2D eigenvalue weighted by molar-refractivity contribution is 9.10.